The number of ether oxygens (including phenoxy) is 3. The molecule has 0 bridgehead atoms. The number of carbonyl (C=O) groups is 1. The summed E-state index contributed by atoms with van der Waals surface area (Å²) < 4.78 is 28.2. The van der Waals surface area contributed by atoms with Gasteiger partial charge >= 0.3 is 13.2 Å². The predicted molar refractivity (Wildman–Crippen MR) is 126 cm³/mol. The lowest BCUT2D eigenvalue weighted by atomic mass is 9.78. The molecule has 2 aromatic carbocycles. The van der Waals surface area contributed by atoms with Gasteiger partial charge in [-0.25, -0.2) is 4.79 Å². The molecule has 174 valence electrons. The molecule has 2 saturated heterocycles. The second-order valence-corrected chi connectivity index (χ2v) is 8.67. The van der Waals surface area contributed by atoms with Crippen LogP contribution in [0.5, 0.6) is 0 Å². The molecule has 0 spiro atoms. The van der Waals surface area contributed by atoms with E-state index in [9.17, 15) is 4.79 Å². The van der Waals surface area contributed by atoms with Gasteiger partial charge < -0.3 is 28.8 Å². The van der Waals surface area contributed by atoms with Crippen molar-refractivity contribution in [3.63, 3.8) is 0 Å². The first-order chi connectivity index (χ1) is 16.1. The normalized spacial score (nSPS) is 23.4. The minimum absolute atomic E-state index is 0.189. The molecular weight excluding hydrogens is 421 g/mol. The van der Waals surface area contributed by atoms with Crippen molar-refractivity contribution in [1.82, 2.24) is 5.32 Å². The van der Waals surface area contributed by atoms with Gasteiger partial charge in [0.25, 0.3) is 0 Å². The van der Waals surface area contributed by atoms with Crippen LogP contribution in [0.25, 0.3) is 6.08 Å². The van der Waals surface area contributed by atoms with Crippen LogP contribution in [0.2, 0.25) is 0 Å². The minimum Gasteiger partial charge on any atom is -0.445 e. The Morgan fingerprint density at radius 3 is 2.48 bits per heavy atom. The summed E-state index contributed by atoms with van der Waals surface area (Å²) in [6.07, 6.45) is 3.93. The van der Waals surface area contributed by atoms with Gasteiger partial charge in [0.05, 0.1) is 13.2 Å². The molecule has 2 aliphatic rings. The zero-order chi connectivity index (χ0) is 22.9. The van der Waals surface area contributed by atoms with Crippen LogP contribution in [0.3, 0.4) is 0 Å². The van der Waals surface area contributed by atoms with Gasteiger partial charge in [0.1, 0.15) is 6.61 Å². The molecule has 0 saturated carbocycles. The maximum atomic E-state index is 12.2. The Bertz CT molecular complexity index is 906. The lowest BCUT2D eigenvalue weighted by molar-refractivity contribution is -0.200. The number of alkyl carbamates (subject to hydrolysis) is 1. The fourth-order valence-corrected chi connectivity index (χ4v) is 3.56. The minimum atomic E-state index is -0.467. The molecule has 1 N–H and O–H groups in total. The molecule has 2 aliphatic heterocycles. The molecule has 7 nitrogen and oxygen atoms in total. The third kappa shape index (κ3) is 7.17. The molecular formula is C25H30BNO6. The Kier molecular flexibility index (Phi) is 8.17. The van der Waals surface area contributed by atoms with Gasteiger partial charge in [-0.3, -0.25) is 0 Å². The van der Waals surface area contributed by atoms with E-state index in [0.29, 0.717) is 33.0 Å². The summed E-state index contributed by atoms with van der Waals surface area (Å²) >= 11 is 0. The summed E-state index contributed by atoms with van der Waals surface area (Å²) in [6.45, 7) is 4.96. The topological polar surface area (TPSA) is 75.3 Å². The highest BCUT2D eigenvalue weighted by atomic mass is 16.7. The van der Waals surface area contributed by atoms with E-state index in [1.54, 1.807) is 0 Å². The van der Waals surface area contributed by atoms with E-state index in [0.717, 1.165) is 23.0 Å². The number of benzene rings is 2. The molecule has 33 heavy (non-hydrogen) atoms. The van der Waals surface area contributed by atoms with E-state index < -0.39 is 12.4 Å². The molecule has 8 heteroatoms. The first-order valence-corrected chi connectivity index (χ1v) is 11.3. The smallest absolute Gasteiger partial charge is 0.445 e. The van der Waals surface area contributed by atoms with Crippen molar-refractivity contribution in [2.75, 3.05) is 33.0 Å². The van der Waals surface area contributed by atoms with E-state index >= 15 is 0 Å². The lowest BCUT2D eigenvalue weighted by Gasteiger charge is -2.36. The van der Waals surface area contributed by atoms with E-state index in [1.807, 2.05) is 73.7 Å². The Balaban J connectivity index is 1.16. The van der Waals surface area contributed by atoms with Crippen molar-refractivity contribution in [1.29, 1.82) is 0 Å². The number of amides is 1. The Morgan fingerprint density at radius 2 is 1.79 bits per heavy atom. The zero-order valence-corrected chi connectivity index (χ0v) is 18.9. The summed E-state index contributed by atoms with van der Waals surface area (Å²) in [5.41, 5.74) is 2.63. The summed E-state index contributed by atoms with van der Waals surface area (Å²) in [5, 5.41) is 2.82. The van der Waals surface area contributed by atoms with Crippen LogP contribution in [0.1, 0.15) is 24.5 Å². The highest BCUT2D eigenvalue weighted by Crippen LogP contribution is 2.24. The van der Waals surface area contributed by atoms with Crippen LogP contribution >= 0.6 is 0 Å². The van der Waals surface area contributed by atoms with Gasteiger partial charge in [-0.2, -0.15) is 0 Å². The molecule has 1 amide bonds. The number of hydrogen-bond acceptors (Lipinski definition) is 6. The Labute approximate surface area is 195 Å². The molecule has 0 unspecified atom stereocenters. The fourth-order valence-electron chi connectivity index (χ4n) is 3.56. The molecule has 4 rings (SSSR count). The lowest BCUT2D eigenvalue weighted by Crippen LogP contribution is -2.46. The van der Waals surface area contributed by atoms with Crippen molar-refractivity contribution < 1.29 is 28.3 Å². The number of hydrogen-bond donors (Lipinski definition) is 1. The second kappa shape index (κ2) is 11.5. The average molecular weight is 451 g/mol. The SMILES string of the molecule is CC1(CNC(=O)OCc2ccc(B3OCCCO3)cc2)COC(/C=C/c2ccccc2)OC1. The fraction of sp³-hybridized carbons (Fsp3) is 0.400. The van der Waals surface area contributed by atoms with Crippen molar-refractivity contribution in [3.05, 3.63) is 71.8 Å². The summed E-state index contributed by atoms with van der Waals surface area (Å²) in [5.74, 6) is 0. The summed E-state index contributed by atoms with van der Waals surface area (Å²) in [4.78, 5) is 12.2. The summed E-state index contributed by atoms with van der Waals surface area (Å²) in [6, 6.07) is 17.7. The van der Waals surface area contributed by atoms with E-state index in [-0.39, 0.29) is 19.1 Å². The summed E-state index contributed by atoms with van der Waals surface area (Å²) in [7, 11) is -0.314. The van der Waals surface area contributed by atoms with E-state index in [4.69, 9.17) is 23.5 Å². The number of nitrogens with one attached hydrogen (secondary N) is 1. The third-order valence-electron chi connectivity index (χ3n) is 5.55. The van der Waals surface area contributed by atoms with Crippen LogP contribution in [0.4, 0.5) is 4.79 Å². The quantitative estimate of drug-likeness (QED) is 0.653. The first kappa shape index (κ1) is 23.5. The second-order valence-electron chi connectivity index (χ2n) is 8.67. The van der Waals surface area contributed by atoms with Crippen LogP contribution < -0.4 is 10.8 Å². The molecule has 0 aliphatic carbocycles. The van der Waals surface area contributed by atoms with Crippen molar-refractivity contribution >= 4 is 24.8 Å². The van der Waals surface area contributed by atoms with Crippen molar-refractivity contribution in [3.8, 4) is 0 Å². The highest BCUT2D eigenvalue weighted by Gasteiger charge is 2.32. The largest absolute Gasteiger partial charge is 0.493 e. The van der Waals surface area contributed by atoms with E-state index in [1.165, 1.54) is 0 Å². The van der Waals surface area contributed by atoms with Crippen molar-refractivity contribution in [2.24, 2.45) is 5.41 Å². The van der Waals surface area contributed by atoms with Gasteiger partial charge in [-0.1, -0.05) is 67.6 Å². The number of rotatable bonds is 7. The predicted octanol–water partition coefficient (Wildman–Crippen LogP) is 3.14. The van der Waals surface area contributed by atoms with Crippen LogP contribution in [-0.4, -0.2) is 52.5 Å². The average Bonchev–Trinajstić information content (AvgIpc) is 2.87. The molecule has 0 aromatic heterocycles. The first-order valence-electron chi connectivity index (χ1n) is 11.3. The Morgan fingerprint density at radius 1 is 1.09 bits per heavy atom. The van der Waals surface area contributed by atoms with E-state index in [2.05, 4.69) is 5.32 Å². The van der Waals surface area contributed by atoms with Gasteiger partial charge in [0.2, 0.25) is 0 Å². The maximum absolute atomic E-state index is 12.2. The Hall–Kier alpha value is -2.65. The van der Waals surface area contributed by atoms with Crippen LogP contribution in [0, 0.1) is 5.41 Å². The monoisotopic (exact) mass is 451 g/mol. The third-order valence-corrected chi connectivity index (χ3v) is 5.55. The molecule has 2 aromatic rings. The molecule has 2 heterocycles. The van der Waals surface area contributed by atoms with Gasteiger partial charge in [-0.15, -0.1) is 0 Å². The molecule has 0 radical (unpaired) electrons. The van der Waals surface area contributed by atoms with Gasteiger partial charge in [0, 0.05) is 25.2 Å². The standard InChI is InChI=1S/C25H30BNO6/c1-25(18-30-23(31-19-25)13-10-20-6-3-2-4-7-20)17-27-24(28)29-16-21-8-11-22(12-9-21)26-32-14-5-15-33-26/h2-4,6-13,23H,5,14-19H2,1H3,(H,27,28)/b13-10+. The van der Waals surface area contributed by atoms with Crippen molar-refractivity contribution in [2.45, 2.75) is 26.2 Å². The molecule has 0 atom stereocenters. The van der Waals surface area contributed by atoms with Crippen LogP contribution in [0.15, 0.2) is 60.7 Å². The van der Waals surface area contributed by atoms with Crippen LogP contribution in [-0.2, 0) is 30.1 Å². The zero-order valence-electron chi connectivity index (χ0n) is 18.9. The highest BCUT2D eigenvalue weighted by molar-refractivity contribution is 6.61. The molecule has 2 fully saturated rings. The van der Waals surface area contributed by atoms with Gasteiger partial charge in [-0.05, 0) is 29.1 Å². The maximum Gasteiger partial charge on any atom is 0.493 e. The number of carbonyl (C=O) groups excluding carboxylic acids is 1. The van der Waals surface area contributed by atoms with Gasteiger partial charge in [0.15, 0.2) is 6.29 Å².